The van der Waals surface area contributed by atoms with Crippen LogP contribution in [-0.4, -0.2) is 21.3 Å². The topological polar surface area (TPSA) is 144 Å². The van der Waals surface area contributed by atoms with Crippen molar-refractivity contribution in [1.29, 1.82) is 0 Å². The summed E-state index contributed by atoms with van der Waals surface area (Å²) in [5, 5.41) is 19.7. The summed E-state index contributed by atoms with van der Waals surface area (Å²) in [7, 11) is 0. The predicted molar refractivity (Wildman–Crippen MR) is 53.0 cm³/mol. The van der Waals surface area contributed by atoms with Crippen LogP contribution in [0.2, 0.25) is 0 Å². The number of nitrogens with one attached hydrogen (secondary N) is 2. The fraction of sp³-hybridized carbons (Fsp3) is 0.167. The minimum Gasteiger partial charge on any atom is -0.364 e. The van der Waals surface area contributed by atoms with Gasteiger partial charge in [0.2, 0.25) is 0 Å². The van der Waals surface area contributed by atoms with Crippen LogP contribution in [0.25, 0.3) is 5.70 Å². The number of hydrogen-bond acceptors (Lipinski definition) is 7. The third-order valence-corrected chi connectivity index (χ3v) is 1.46. The van der Waals surface area contributed by atoms with E-state index in [2.05, 4.69) is 32.0 Å². The second-order valence-electron chi connectivity index (χ2n) is 2.65. The summed E-state index contributed by atoms with van der Waals surface area (Å²) in [4.78, 5) is 9.98. The molecule has 1 rings (SSSR count). The predicted octanol–water partition coefficient (Wildman–Crippen LogP) is -1.05. The molecule has 16 heavy (non-hydrogen) atoms. The number of rotatable bonds is 4. The molecule has 0 aliphatic carbocycles. The first kappa shape index (κ1) is 11.4. The zero-order valence-corrected chi connectivity index (χ0v) is 8.30. The number of hydrazone groups is 1. The highest BCUT2D eigenvalue weighted by molar-refractivity contribution is 5.77. The molecule has 0 aromatic carbocycles. The first-order valence-corrected chi connectivity index (χ1v) is 3.99. The van der Waals surface area contributed by atoms with E-state index >= 15 is 0 Å². The number of hydrogen-bond donors (Lipinski definition) is 3. The van der Waals surface area contributed by atoms with E-state index in [1.807, 2.05) is 0 Å². The van der Waals surface area contributed by atoms with Gasteiger partial charge in [0.05, 0.1) is 5.70 Å². The Labute approximate surface area is 89.3 Å². The number of nitrogens with zero attached hydrogens (tertiary/aromatic N) is 4. The maximum absolute atomic E-state index is 9.98. The van der Waals surface area contributed by atoms with Gasteiger partial charge in [0.25, 0.3) is 5.96 Å². The second kappa shape index (κ2) is 4.72. The van der Waals surface area contributed by atoms with Crippen molar-refractivity contribution in [2.45, 2.75) is 6.92 Å². The molecule has 10 nitrogen and oxygen atoms in total. The summed E-state index contributed by atoms with van der Waals surface area (Å²) in [6, 6.07) is 0. The summed E-state index contributed by atoms with van der Waals surface area (Å²) >= 11 is 0. The highest BCUT2D eigenvalue weighted by Gasteiger charge is 2.08. The monoisotopic (exact) mass is 227 g/mol. The number of nitrogens with two attached hydrogens (primary N) is 1. The fourth-order valence-electron chi connectivity index (χ4n) is 0.804. The first-order chi connectivity index (χ1) is 7.50. The third kappa shape index (κ3) is 2.94. The fourth-order valence-corrected chi connectivity index (χ4v) is 0.804. The number of nitro groups is 1. The Morgan fingerprint density at radius 3 is 2.88 bits per heavy atom. The molecule has 0 fully saturated rings. The molecule has 1 aromatic heterocycles. The Morgan fingerprint density at radius 1 is 1.69 bits per heavy atom. The molecule has 0 bridgehead atoms. The lowest BCUT2D eigenvalue weighted by Gasteiger charge is -2.01. The van der Waals surface area contributed by atoms with Crippen molar-refractivity contribution in [3.05, 3.63) is 28.1 Å². The van der Waals surface area contributed by atoms with Crippen molar-refractivity contribution in [2.75, 3.05) is 0 Å². The van der Waals surface area contributed by atoms with E-state index in [9.17, 15) is 10.1 Å². The van der Waals surface area contributed by atoms with E-state index < -0.39 is 11.0 Å². The van der Waals surface area contributed by atoms with Gasteiger partial charge < -0.3 is 5.73 Å². The Balaban J connectivity index is 2.59. The maximum Gasteiger partial charge on any atom is 0.273 e. The molecule has 0 atom stereocenters. The van der Waals surface area contributed by atoms with Gasteiger partial charge in [0, 0.05) is 0 Å². The molecule has 0 aliphatic heterocycles. The molecule has 0 spiro atoms. The number of aromatic nitrogens is 2. The zero-order valence-electron chi connectivity index (χ0n) is 8.30. The minimum absolute atomic E-state index is 0.256. The Morgan fingerprint density at radius 2 is 2.38 bits per heavy atom. The van der Waals surface area contributed by atoms with E-state index in [0.29, 0.717) is 11.4 Å². The molecule has 0 aliphatic rings. The Hall–Kier alpha value is -2.65. The molecule has 0 radical (unpaired) electrons. The van der Waals surface area contributed by atoms with Gasteiger partial charge in [0.15, 0.2) is 10.7 Å². The highest BCUT2D eigenvalue weighted by atomic mass is 16.7. The van der Waals surface area contributed by atoms with E-state index in [-0.39, 0.29) is 5.70 Å². The Kier molecular flexibility index (Phi) is 3.37. The van der Waals surface area contributed by atoms with E-state index in [4.69, 9.17) is 5.73 Å². The van der Waals surface area contributed by atoms with Crippen molar-refractivity contribution < 1.29 is 9.66 Å². The standard InChI is InChI=1S/C6H9N7O3/c1-3(5-4(2)11-16-12-5)8-9-6(7)10-13(14)15/h8H,1H2,2H3,(H3,7,9,10). The van der Waals surface area contributed by atoms with Crippen molar-refractivity contribution in [3.63, 3.8) is 0 Å². The molecule has 0 amide bonds. The van der Waals surface area contributed by atoms with Gasteiger partial charge in [-0.25, -0.2) is 14.7 Å². The van der Waals surface area contributed by atoms with Crippen molar-refractivity contribution >= 4 is 11.7 Å². The third-order valence-electron chi connectivity index (χ3n) is 1.46. The van der Waals surface area contributed by atoms with E-state index in [0.717, 1.165) is 0 Å². The number of guanidine groups is 1. The quantitative estimate of drug-likeness (QED) is 0.255. The van der Waals surface area contributed by atoms with Crippen molar-refractivity contribution in [1.82, 2.24) is 21.2 Å². The van der Waals surface area contributed by atoms with Crippen LogP contribution in [0.5, 0.6) is 0 Å². The SMILES string of the molecule is C=C(NN=C(N)N[N+](=O)[O-])c1nonc1C. The summed E-state index contributed by atoms with van der Waals surface area (Å²) in [5.74, 6) is -0.416. The normalized spacial score (nSPS) is 10.9. The van der Waals surface area contributed by atoms with Crippen LogP contribution in [0.1, 0.15) is 11.4 Å². The average molecular weight is 227 g/mol. The van der Waals surface area contributed by atoms with Gasteiger partial charge in [-0.2, -0.15) is 0 Å². The van der Waals surface area contributed by atoms with Gasteiger partial charge in [-0.3, -0.25) is 5.43 Å². The number of hydrazine groups is 1. The molecule has 0 saturated carbocycles. The Bertz CT molecular complexity index is 437. The van der Waals surface area contributed by atoms with Gasteiger partial charge in [-0.15, -0.1) is 5.10 Å². The van der Waals surface area contributed by atoms with Crippen LogP contribution in [0.4, 0.5) is 0 Å². The second-order valence-corrected chi connectivity index (χ2v) is 2.65. The van der Waals surface area contributed by atoms with E-state index in [1.165, 1.54) is 0 Å². The smallest absolute Gasteiger partial charge is 0.273 e. The molecule has 0 saturated heterocycles. The van der Waals surface area contributed by atoms with Crippen molar-refractivity contribution in [3.8, 4) is 0 Å². The van der Waals surface area contributed by atoms with Crippen LogP contribution in [0, 0.1) is 17.0 Å². The molecule has 4 N–H and O–H groups in total. The summed E-state index contributed by atoms with van der Waals surface area (Å²) in [6.45, 7) is 5.23. The lowest BCUT2D eigenvalue weighted by atomic mass is 10.3. The zero-order chi connectivity index (χ0) is 12.1. The minimum atomic E-state index is -0.841. The molecular weight excluding hydrogens is 218 g/mol. The summed E-state index contributed by atoms with van der Waals surface area (Å²) in [5.41, 5.74) is 10.3. The number of aryl methyl sites for hydroxylation is 1. The summed E-state index contributed by atoms with van der Waals surface area (Å²) < 4.78 is 4.43. The summed E-state index contributed by atoms with van der Waals surface area (Å²) in [6.07, 6.45) is 0. The van der Waals surface area contributed by atoms with Gasteiger partial charge in [0.1, 0.15) is 5.69 Å². The van der Waals surface area contributed by atoms with Gasteiger partial charge in [-0.05, 0) is 12.1 Å². The average Bonchev–Trinajstić information content (AvgIpc) is 2.60. The van der Waals surface area contributed by atoms with Crippen molar-refractivity contribution in [2.24, 2.45) is 10.8 Å². The van der Waals surface area contributed by atoms with E-state index in [1.54, 1.807) is 12.3 Å². The van der Waals surface area contributed by atoms with Crippen LogP contribution in [-0.2, 0) is 0 Å². The van der Waals surface area contributed by atoms with Gasteiger partial charge >= 0.3 is 0 Å². The largest absolute Gasteiger partial charge is 0.364 e. The van der Waals surface area contributed by atoms with Crippen LogP contribution >= 0.6 is 0 Å². The van der Waals surface area contributed by atoms with Crippen LogP contribution in [0.3, 0.4) is 0 Å². The maximum atomic E-state index is 9.98. The molecule has 86 valence electrons. The lowest BCUT2D eigenvalue weighted by molar-refractivity contribution is -0.525. The molecular formula is C6H9N7O3. The molecule has 1 aromatic rings. The lowest BCUT2D eigenvalue weighted by Crippen LogP contribution is -2.37. The van der Waals surface area contributed by atoms with Gasteiger partial charge in [-0.1, -0.05) is 17.2 Å². The molecule has 0 unspecified atom stereocenters. The molecule has 1 heterocycles. The highest BCUT2D eigenvalue weighted by Crippen LogP contribution is 2.08. The molecule has 10 heteroatoms. The first-order valence-electron chi connectivity index (χ1n) is 3.99. The van der Waals surface area contributed by atoms with Crippen LogP contribution in [0.15, 0.2) is 16.3 Å². The van der Waals surface area contributed by atoms with Crippen LogP contribution < -0.4 is 16.6 Å².